The van der Waals surface area contributed by atoms with E-state index in [9.17, 15) is 5.11 Å². The molecule has 0 bridgehead atoms. The van der Waals surface area contributed by atoms with Crippen LogP contribution in [-0.2, 0) is 4.74 Å². The van der Waals surface area contributed by atoms with Crippen molar-refractivity contribution in [1.29, 1.82) is 0 Å². The number of nitrogens with one attached hydrogen (secondary N) is 1. The molecule has 0 saturated heterocycles. The number of hydrogen-bond donors (Lipinski definition) is 2. The summed E-state index contributed by atoms with van der Waals surface area (Å²) in [5.74, 6) is 0.846. The zero-order chi connectivity index (χ0) is 18.3. The molecule has 0 radical (unpaired) electrons. The molecule has 0 spiro atoms. The van der Waals surface area contributed by atoms with Crippen LogP contribution in [0.2, 0.25) is 0 Å². The van der Waals surface area contributed by atoms with Crippen molar-refractivity contribution in [2.24, 2.45) is 0 Å². The predicted octanol–water partition coefficient (Wildman–Crippen LogP) is 3.64. The second kappa shape index (κ2) is 15.8. The van der Waals surface area contributed by atoms with Crippen molar-refractivity contribution in [2.45, 2.75) is 54.6 Å². The summed E-state index contributed by atoms with van der Waals surface area (Å²) in [5.41, 5.74) is 3.64. The summed E-state index contributed by atoms with van der Waals surface area (Å²) >= 11 is 0. The fraction of sp³-hybridized carbons (Fsp3) is 0.684. The highest BCUT2D eigenvalue weighted by atomic mass is 16.5. The number of aliphatic hydroxyl groups is 1. The van der Waals surface area contributed by atoms with E-state index in [1.807, 2.05) is 46.8 Å². The Morgan fingerprint density at radius 3 is 2.22 bits per heavy atom. The molecule has 2 N–H and O–H groups in total. The molecule has 1 rings (SSSR count). The van der Waals surface area contributed by atoms with Crippen LogP contribution in [0.25, 0.3) is 0 Å². The highest BCUT2D eigenvalue weighted by Crippen LogP contribution is 2.23. The van der Waals surface area contributed by atoms with Crippen LogP contribution in [0.1, 0.15) is 44.4 Å². The van der Waals surface area contributed by atoms with Gasteiger partial charge in [-0.1, -0.05) is 33.8 Å². The highest BCUT2D eigenvalue weighted by molar-refractivity contribution is 5.42. The molecule has 0 heterocycles. The number of aliphatic hydroxyl groups excluding tert-OH is 1. The van der Waals surface area contributed by atoms with Gasteiger partial charge in [0.2, 0.25) is 0 Å². The molecule has 1 atom stereocenters. The number of hydrogen-bond acceptors (Lipinski definition) is 4. The first-order valence-electron chi connectivity index (χ1n) is 8.63. The zero-order valence-electron chi connectivity index (χ0n) is 16.3. The van der Waals surface area contributed by atoms with Crippen molar-refractivity contribution in [3.63, 3.8) is 0 Å². The Kier molecular flexibility index (Phi) is 16.6. The minimum Gasteiger partial charge on any atom is -0.491 e. The van der Waals surface area contributed by atoms with E-state index in [-0.39, 0.29) is 0 Å². The van der Waals surface area contributed by atoms with Crippen LogP contribution in [0.3, 0.4) is 0 Å². The zero-order valence-corrected chi connectivity index (χ0v) is 16.3. The van der Waals surface area contributed by atoms with Gasteiger partial charge < -0.3 is 19.9 Å². The van der Waals surface area contributed by atoms with E-state index in [1.54, 1.807) is 7.11 Å². The lowest BCUT2D eigenvalue weighted by atomic mass is 10.0. The molecular formula is C19H37NO3. The lowest BCUT2D eigenvalue weighted by molar-refractivity contribution is 0.103. The van der Waals surface area contributed by atoms with E-state index in [2.05, 4.69) is 19.2 Å². The standard InChI is InChI=1S/C15H25NO3.2C2H6/c1-11-5-6-15(13(3)12(11)2)19-10-14(17)9-16-7-8-18-4;2*1-2/h5-6,14,16-17H,7-10H2,1-4H3;2*1-2H3. The molecule has 0 saturated carbocycles. The fourth-order valence-electron chi connectivity index (χ4n) is 1.78. The molecule has 0 aromatic heterocycles. The van der Waals surface area contributed by atoms with Gasteiger partial charge in [0.15, 0.2) is 0 Å². The van der Waals surface area contributed by atoms with Gasteiger partial charge in [0, 0.05) is 20.2 Å². The molecule has 136 valence electrons. The van der Waals surface area contributed by atoms with Crippen molar-refractivity contribution < 1.29 is 14.6 Å². The van der Waals surface area contributed by atoms with Gasteiger partial charge in [-0.05, 0) is 43.5 Å². The van der Waals surface area contributed by atoms with Crippen LogP contribution in [0.4, 0.5) is 0 Å². The third-order valence-electron chi connectivity index (χ3n) is 3.30. The average Bonchev–Trinajstić information content (AvgIpc) is 2.59. The van der Waals surface area contributed by atoms with Crippen LogP contribution >= 0.6 is 0 Å². The predicted molar refractivity (Wildman–Crippen MR) is 99.6 cm³/mol. The molecule has 4 nitrogen and oxygen atoms in total. The van der Waals surface area contributed by atoms with Crippen molar-refractivity contribution in [2.75, 3.05) is 33.4 Å². The molecule has 0 aliphatic heterocycles. The van der Waals surface area contributed by atoms with Crippen molar-refractivity contribution >= 4 is 0 Å². The summed E-state index contributed by atoms with van der Waals surface area (Å²) in [5, 5.41) is 12.9. The molecule has 4 heteroatoms. The Bertz CT molecular complexity index is 394. The molecule has 0 fully saturated rings. The summed E-state index contributed by atoms with van der Waals surface area (Å²) in [6, 6.07) is 4.00. The SMILES string of the molecule is CC.CC.COCCNCC(O)COc1ccc(C)c(C)c1C. The van der Waals surface area contributed by atoms with E-state index in [0.717, 1.165) is 17.9 Å². The van der Waals surface area contributed by atoms with Gasteiger partial charge in [0.1, 0.15) is 18.5 Å². The highest BCUT2D eigenvalue weighted by Gasteiger charge is 2.08. The first-order valence-corrected chi connectivity index (χ1v) is 8.63. The number of benzene rings is 1. The molecule has 1 aromatic rings. The Hall–Kier alpha value is -1.10. The maximum absolute atomic E-state index is 9.80. The molecule has 23 heavy (non-hydrogen) atoms. The van der Waals surface area contributed by atoms with Gasteiger partial charge in [-0.15, -0.1) is 0 Å². The molecule has 0 amide bonds. The quantitative estimate of drug-likeness (QED) is 0.716. The van der Waals surface area contributed by atoms with E-state index in [1.165, 1.54) is 11.1 Å². The van der Waals surface area contributed by atoms with E-state index >= 15 is 0 Å². The second-order valence-corrected chi connectivity index (χ2v) is 4.79. The topological polar surface area (TPSA) is 50.7 Å². The third kappa shape index (κ3) is 10.3. The van der Waals surface area contributed by atoms with Gasteiger partial charge in [-0.3, -0.25) is 0 Å². The lowest BCUT2D eigenvalue weighted by Gasteiger charge is -2.16. The maximum Gasteiger partial charge on any atom is 0.122 e. The lowest BCUT2D eigenvalue weighted by Crippen LogP contribution is -2.33. The Morgan fingerprint density at radius 2 is 1.65 bits per heavy atom. The number of ether oxygens (including phenoxy) is 2. The number of aryl methyl sites for hydroxylation is 1. The van der Waals surface area contributed by atoms with E-state index in [4.69, 9.17) is 9.47 Å². The van der Waals surface area contributed by atoms with E-state index < -0.39 is 6.10 Å². The normalized spacial score (nSPS) is 10.8. The van der Waals surface area contributed by atoms with Gasteiger partial charge in [0.25, 0.3) is 0 Å². The molecule has 1 unspecified atom stereocenters. The van der Waals surface area contributed by atoms with Crippen molar-refractivity contribution in [3.8, 4) is 5.75 Å². The fourth-order valence-corrected chi connectivity index (χ4v) is 1.78. The van der Waals surface area contributed by atoms with Crippen LogP contribution in [0.5, 0.6) is 5.75 Å². The summed E-state index contributed by atoms with van der Waals surface area (Å²) in [6.07, 6.45) is -0.516. The molecule has 1 aromatic carbocycles. The van der Waals surface area contributed by atoms with Crippen molar-refractivity contribution in [1.82, 2.24) is 5.32 Å². The summed E-state index contributed by atoms with van der Waals surface area (Å²) in [4.78, 5) is 0. The largest absolute Gasteiger partial charge is 0.491 e. The monoisotopic (exact) mass is 327 g/mol. The first-order chi connectivity index (χ1) is 11.1. The molecule has 0 aliphatic rings. The molecular weight excluding hydrogens is 290 g/mol. The maximum atomic E-state index is 9.80. The average molecular weight is 328 g/mol. The van der Waals surface area contributed by atoms with Crippen LogP contribution in [-0.4, -0.2) is 44.6 Å². The van der Waals surface area contributed by atoms with Gasteiger partial charge in [-0.2, -0.15) is 0 Å². The summed E-state index contributed by atoms with van der Waals surface area (Å²) in [6.45, 7) is 16.4. The van der Waals surface area contributed by atoms with Crippen molar-refractivity contribution in [3.05, 3.63) is 28.8 Å². The Labute approximate surface area is 143 Å². The van der Waals surface area contributed by atoms with Crippen LogP contribution in [0.15, 0.2) is 12.1 Å². The Morgan fingerprint density at radius 1 is 1.04 bits per heavy atom. The smallest absolute Gasteiger partial charge is 0.122 e. The number of rotatable bonds is 8. The third-order valence-corrected chi connectivity index (χ3v) is 3.30. The van der Waals surface area contributed by atoms with Crippen LogP contribution < -0.4 is 10.1 Å². The summed E-state index contributed by atoms with van der Waals surface area (Å²) in [7, 11) is 1.66. The number of methoxy groups -OCH3 is 1. The van der Waals surface area contributed by atoms with Gasteiger partial charge in [-0.25, -0.2) is 0 Å². The summed E-state index contributed by atoms with van der Waals surface area (Å²) < 4.78 is 10.6. The second-order valence-electron chi connectivity index (χ2n) is 4.79. The minimum atomic E-state index is -0.516. The first kappa shape index (κ1) is 24.2. The Balaban J connectivity index is 0. The molecule has 0 aliphatic carbocycles. The van der Waals surface area contributed by atoms with Gasteiger partial charge >= 0.3 is 0 Å². The van der Waals surface area contributed by atoms with E-state index in [0.29, 0.717) is 19.8 Å². The minimum absolute atomic E-state index is 0.295. The van der Waals surface area contributed by atoms with Crippen LogP contribution in [0, 0.1) is 20.8 Å². The van der Waals surface area contributed by atoms with Gasteiger partial charge in [0.05, 0.1) is 6.61 Å².